The van der Waals surface area contributed by atoms with E-state index >= 15 is 0 Å². The lowest BCUT2D eigenvalue weighted by Gasteiger charge is -2.37. The predicted octanol–water partition coefficient (Wildman–Crippen LogP) is 2.23. The number of hydrogen-bond donors (Lipinski definition) is 1. The van der Waals surface area contributed by atoms with E-state index in [1.807, 2.05) is 6.92 Å². The minimum absolute atomic E-state index is 0.000505. The van der Waals surface area contributed by atoms with Crippen LogP contribution in [0, 0.1) is 11.3 Å². The van der Waals surface area contributed by atoms with E-state index < -0.39 is 5.54 Å². The van der Waals surface area contributed by atoms with E-state index in [1.165, 1.54) is 4.90 Å². The molecule has 3 aliphatic rings. The van der Waals surface area contributed by atoms with Crippen molar-refractivity contribution in [2.24, 2.45) is 5.73 Å². The summed E-state index contributed by atoms with van der Waals surface area (Å²) >= 11 is 0. The number of amides is 2. The average Bonchev–Trinajstić information content (AvgIpc) is 3.05. The molecular weight excluding hydrogens is 328 g/mol. The fourth-order valence-corrected chi connectivity index (χ4v) is 4.85. The normalized spacial score (nSPS) is 26.0. The van der Waals surface area contributed by atoms with Crippen LogP contribution in [-0.2, 0) is 10.3 Å². The molecule has 6 heteroatoms. The Labute approximate surface area is 152 Å². The fourth-order valence-electron chi connectivity index (χ4n) is 4.85. The first-order valence-electron chi connectivity index (χ1n) is 9.24. The van der Waals surface area contributed by atoms with Gasteiger partial charge in [0.1, 0.15) is 17.5 Å². The number of nitrogens with zero attached hydrogens (tertiary/aromatic N) is 3. The highest BCUT2D eigenvalue weighted by Crippen LogP contribution is 2.51. The molecule has 1 aromatic carbocycles. The maximum Gasteiger partial charge on any atom is 0.264 e. The molecular formula is C20H22N4O2. The summed E-state index contributed by atoms with van der Waals surface area (Å²) in [5, 5.41) is 9.92. The lowest BCUT2D eigenvalue weighted by atomic mass is 9.83. The largest absolute Gasteiger partial charge is 0.384 e. The van der Waals surface area contributed by atoms with Crippen LogP contribution in [0.3, 0.4) is 0 Å². The maximum atomic E-state index is 13.7. The fraction of sp³-hybridized carbons (Fsp3) is 0.450. The molecule has 2 heterocycles. The molecule has 2 N–H and O–H groups in total. The van der Waals surface area contributed by atoms with Crippen molar-refractivity contribution in [1.82, 2.24) is 9.80 Å². The van der Waals surface area contributed by atoms with Gasteiger partial charge in [-0.3, -0.25) is 14.5 Å². The lowest BCUT2D eigenvalue weighted by Crippen LogP contribution is -2.53. The van der Waals surface area contributed by atoms with Crippen molar-refractivity contribution in [1.29, 1.82) is 5.26 Å². The van der Waals surface area contributed by atoms with Crippen LogP contribution in [0.2, 0.25) is 0 Å². The van der Waals surface area contributed by atoms with Crippen molar-refractivity contribution in [2.75, 3.05) is 6.54 Å². The number of rotatable bonds is 2. The Morgan fingerprint density at radius 3 is 2.58 bits per heavy atom. The zero-order valence-electron chi connectivity index (χ0n) is 14.9. The summed E-state index contributed by atoms with van der Waals surface area (Å²) in [5.74, 6) is -0.256. The Bertz CT molecular complexity index is 863. The SMILES string of the molecule is CCN1C(=O)c2ccccc2[C@@]12C(=O)N(C1CCCCC1)C(N)=C2C#N. The third kappa shape index (κ3) is 1.86. The molecule has 4 rings (SSSR count). The first-order chi connectivity index (χ1) is 12.6. The molecule has 1 aliphatic carbocycles. The number of fused-ring (bicyclic) bond motifs is 2. The van der Waals surface area contributed by atoms with E-state index in [4.69, 9.17) is 5.73 Å². The average molecular weight is 350 g/mol. The van der Waals surface area contributed by atoms with Gasteiger partial charge in [-0.15, -0.1) is 0 Å². The number of benzene rings is 1. The maximum absolute atomic E-state index is 13.7. The van der Waals surface area contributed by atoms with Gasteiger partial charge in [-0.25, -0.2) is 0 Å². The van der Waals surface area contributed by atoms with Gasteiger partial charge in [0.25, 0.3) is 11.8 Å². The molecule has 0 radical (unpaired) electrons. The van der Waals surface area contributed by atoms with E-state index in [0.29, 0.717) is 17.7 Å². The van der Waals surface area contributed by atoms with Crippen molar-refractivity contribution in [3.8, 4) is 6.07 Å². The number of nitriles is 1. The minimum atomic E-state index is -1.40. The molecule has 1 saturated carbocycles. The van der Waals surface area contributed by atoms with Crippen LogP contribution in [0.5, 0.6) is 0 Å². The Hall–Kier alpha value is -2.81. The van der Waals surface area contributed by atoms with Gasteiger partial charge >= 0.3 is 0 Å². The first-order valence-corrected chi connectivity index (χ1v) is 9.24. The van der Waals surface area contributed by atoms with Gasteiger partial charge in [0.05, 0.1) is 0 Å². The molecule has 6 nitrogen and oxygen atoms in total. The summed E-state index contributed by atoms with van der Waals surface area (Å²) < 4.78 is 0. The monoisotopic (exact) mass is 350 g/mol. The molecule has 1 aromatic rings. The molecule has 134 valence electrons. The summed E-state index contributed by atoms with van der Waals surface area (Å²) in [6, 6.07) is 9.24. The quantitative estimate of drug-likeness (QED) is 0.885. The van der Waals surface area contributed by atoms with Crippen LogP contribution in [0.4, 0.5) is 0 Å². The Balaban J connectivity index is 1.94. The van der Waals surface area contributed by atoms with Crippen LogP contribution in [0.25, 0.3) is 0 Å². The van der Waals surface area contributed by atoms with Gasteiger partial charge in [0.2, 0.25) is 0 Å². The van der Waals surface area contributed by atoms with Crippen LogP contribution in [0.1, 0.15) is 54.9 Å². The van der Waals surface area contributed by atoms with Gasteiger partial charge in [-0.05, 0) is 25.8 Å². The molecule has 0 aromatic heterocycles. The molecule has 1 spiro atoms. The van der Waals surface area contributed by atoms with E-state index in [2.05, 4.69) is 6.07 Å². The van der Waals surface area contributed by atoms with Gasteiger partial charge in [-0.1, -0.05) is 37.5 Å². The van der Waals surface area contributed by atoms with Crippen molar-refractivity contribution < 1.29 is 9.59 Å². The van der Waals surface area contributed by atoms with Gasteiger partial charge < -0.3 is 10.6 Å². The molecule has 0 saturated heterocycles. The standard InChI is InChI=1S/C20H22N4O2/c1-2-23-18(25)14-10-6-7-11-15(14)20(23)16(12-21)17(22)24(19(20)26)13-8-4-3-5-9-13/h6-7,10-11,13H,2-5,8-9,22H2,1H3/t20-/m1/s1. The number of carbonyl (C=O) groups is 2. The second kappa shape index (κ2) is 5.87. The van der Waals surface area contributed by atoms with Crippen LogP contribution < -0.4 is 5.73 Å². The van der Waals surface area contributed by atoms with E-state index in [9.17, 15) is 14.9 Å². The van der Waals surface area contributed by atoms with Crippen LogP contribution >= 0.6 is 0 Å². The summed E-state index contributed by atoms with van der Waals surface area (Å²) in [6.07, 6.45) is 5.00. The van der Waals surface area contributed by atoms with Crippen molar-refractivity contribution in [3.63, 3.8) is 0 Å². The number of nitrogens with two attached hydrogens (primary N) is 1. The van der Waals surface area contributed by atoms with Crippen molar-refractivity contribution in [2.45, 2.75) is 50.6 Å². The third-order valence-electron chi connectivity index (χ3n) is 5.97. The second-order valence-electron chi connectivity index (χ2n) is 7.14. The summed E-state index contributed by atoms with van der Waals surface area (Å²) in [6.45, 7) is 2.16. The highest BCUT2D eigenvalue weighted by molar-refractivity contribution is 6.11. The zero-order chi connectivity index (χ0) is 18.5. The Kier molecular flexibility index (Phi) is 3.76. The summed E-state index contributed by atoms with van der Waals surface area (Å²) in [5.41, 5.74) is 6.20. The molecule has 26 heavy (non-hydrogen) atoms. The predicted molar refractivity (Wildman–Crippen MR) is 95.4 cm³/mol. The topological polar surface area (TPSA) is 90.4 Å². The highest BCUT2D eigenvalue weighted by Gasteiger charge is 2.64. The van der Waals surface area contributed by atoms with E-state index in [0.717, 1.165) is 32.1 Å². The molecule has 2 aliphatic heterocycles. The first kappa shape index (κ1) is 16.6. The number of carbonyl (C=O) groups excluding carboxylic acids is 2. The highest BCUT2D eigenvalue weighted by atomic mass is 16.2. The summed E-state index contributed by atoms with van der Waals surface area (Å²) in [4.78, 5) is 29.8. The van der Waals surface area contributed by atoms with Crippen LogP contribution in [-0.4, -0.2) is 34.2 Å². The third-order valence-corrected chi connectivity index (χ3v) is 5.97. The van der Waals surface area contributed by atoms with Gasteiger partial charge in [0, 0.05) is 23.7 Å². The van der Waals surface area contributed by atoms with Gasteiger partial charge in [-0.2, -0.15) is 5.26 Å². The van der Waals surface area contributed by atoms with Gasteiger partial charge in [0.15, 0.2) is 5.54 Å². The van der Waals surface area contributed by atoms with Crippen molar-refractivity contribution >= 4 is 11.8 Å². The molecule has 1 fully saturated rings. The minimum Gasteiger partial charge on any atom is -0.384 e. The molecule has 0 unspecified atom stereocenters. The smallest absolute Gasteiger partial charge is 0.264 e. The summed E-state index contributed by atoms with van der Waals surface area (Å²) in [7, 11) is 0. The Morgan fingerprint density at radius 1 is 1.23 bits per heavy atom. The van der Waals surface area contributed by atoms with E-state index in [1.54, 1.807) is 29.2 Å². The number of likely N-dealkylation sites (N-methyl/N-ethyl adjacent to an activating group) is 1. The number of hydrogen-bond acceptors (Lipinski definition) is 4. The molecule has 0 bridgehead atoms. The van der Waals surface area contributed by atoms with Crippen LogP contribution in [0.15, 0.2) is 35.7 Å². The zero-order valence-corrected chi connectivity index (χ0v) is 14.9. The van der Waals surface area contributed by atoms with Crippen molar-refractivity contribution in [3.05, 3.63) is 46.8 Å². The molecule has 1 atom stereocenters. The second-order valence-corrected chi connectivity index (χ2v) is 7.14. The Morgan fingerprint density at radius 2 is 1.92 bits per heavy atom. The van der Waals surface area contributed by atoms with E-state index in [-0.39, 0.29) is 29.3 Å². The molecule has 2 amide bonds. The lowest BCUT2D eigenvalue weighted by molar-refractivity contribution is -0.138.